The highest BCUT2D eigenvalue weighted by atomic mass is 35.5. The molecule has 2 aromatic carbocycles. The van der Waals surface area contributed by atoms with E-state index in [1.54, 1.807) is 0 Å². The lowest BCUT2D eigenvalue weighted by Gasteiger charge is -2.08. The van der Waals surface area contributed by atoms with Gasteiger partial charge in [0.15, 0.2) is 0 Å². The van der Waals surface area contributed by atoms with Crippen molar-refractivity contribution in [3.05, 3.63) is 53.1 Å². The molecule has 0 aromatic heterocycles. The van der Waals surface area contributed by atoms with Crippen molar-refractivity contribution < 1.29 is 4.74 Å². The average molecular weight is 429 g/mol. The molecule has 0 aliphatic rings. The number of unbranched alkanes of at least 4 members (excludes halogenated alkanes) is 8. The maximum atomic E-state index is 6.36. The smallest absolute Gasteiger partial charge is 0.138 e. The predicted molar refractivity (Wildman–Crippen MR) is 129 cm³/mol. The van der Waals surface area contributed by atoms with Gasteiger partial charge < -0.3 is 4.74 Å². The summed E-state index contributed by atoms with van der Waals surface area (Å²) in [6, 6.07) is 13.9. The lowest BCUT2D eigenvalue weighted by molar-refractivity contribution is 0.304. The number of hydrogen-bond acceptors (Lipinski definition) is 3. The molecule has 0 aliphatic carbocycles. The minimum absolute atomic E-state index is 0.584. The zero-order valence-corrected chi connectivity index (χ0v) is 19.5. The highest BCUT2D eigenvalue weighted by Gasteiger charge is 2.03. The van der Waals surface area contributed by atoms with Crippen molar-refractivity contribution in [3.63, 3.8) is 0 Å². The first kappa shape index (κ1) is 24.4. The van der Waals surface area contributed by atoms with Gasteiger partial charge in [-0.05, 0) is 55.2 Å². The lowest BCUT2D eigenvalue weighted by Crippen LogP contribution is -1.97. The summed E-state index contributed by atoms with van der Waals surface area (Å²) in [4.78, 5) is 0. The zero-order chi connectivity index (χ0) is 21.4. The van der Waals surface area contributed by atoms with E-state index in [1.165, 1.54) is 63.4 Å². The average Bonchev–Trinajstić information content (AvgIpc) is 2.77. The van der Waals surface area contributed by atoms with Crippen LogP contribution >= 0.6 is 11.6 Å². The number of ether oxygens (including phenoxy) is 1. The molecule has 0 saturated carbocycles. The normalized spacial score (nSPS) is 11.3. The molecule has 0 bridgehead atoms. The molecule has 0 aliphatic heterocycles. The van der Waals surface area contributed by atoms with Crippen LogP contribution in [0.4, 0.5) is 11.4 Å². The van der Waals surface area contributed by atoms with E-state index in [-0.39, 0.29) is 0 Å². The van der Waals surface area contributed by atoms with Crippen LogP contribution in [0.3, 0.4) is 0 Å². The number of aryl methyl sites for hydroxylation is 1. The summed E-state index contributed by atoms with van der Waals surface area (Å²) in [7, 11) is 0. The summed E-state index contributed by atoms with van der Waals surface area (Å²) >= 11 is 6.36. The first-order valence-electron chi connectivity index (χ1n) is 11.7. The largest absolute Gasteiger partial charge is 0.492 e. The Morgan fingerprint density at radius 2 is 1.30 bits per heavy atom. The van der Waals surface area contributed by atoms with Crippen LogP contribution in [0.1, 0.15) is 83.6 Å². The van der Waals surface area contributed by atoms with E-state index in [1.807, 2.05) is 30.3 Å². The van der Waals surface area contributed by atoms with Gasteiger partial charge in [-0.2, -0.15) is 10.2 Å². The molecular formula is C26H37ClN2O. The highest BCUT2D eigenvalue weighted by molar-refractivity contribution is 6.32. The molecule has 2 aromatic rings. The maximum absolute atomic E-state index is 6.36. The number of halogens is 1. The molecule has 2 rings (SSSR count). The Morgan fingerprint density at radius 1 is 0.700 bits per heavy atom. The minimum atomic E-state index is 0.584. The van der Waals surface area contributed by atoms with Gasteiger partial charge in [0, 0.05) is 0 Å². The second-order valence-electron chi connectivity index (χ2n) is 7.91. The highest BCUT2D eigenvalue weighted by Crippen LogP contribution is 2.30. The lowest BCUT2D eigenvalue weighted by atomic mass is 10.1. The van der Waals surface area contributed by atoms with Gasteiger partial charge in [-0.1, -0.05) is 88.9 Å². The van der Waals surface area contributed by atoms with Crippen molar-refractivity contribution in [2.75, 3.05) is 6.61 Å². The molecular weight excluding hydrogens is 392 g/mol. The van der Waals surface area contributed by atoms with Crippen molar-refractivity contribution >= 4 is 23.0 Å². The van der Waals surface area contributed by atoms with Crippen molar-refractivity contribution in [2.45, 2.75) is 84.5 Å². The fourth-order valence-electron chi connectivity index (χ4n) is 3.31. The summed E-state index contributed by atoms with van der Waals surface area (Å²) in [6.45, 7) is 5.17. The van der Waals surface area contributed by atoms with Crippen LogP contribution in [0.15, 0.2) is 52.7 Å². The summed E-state index contributed by atoms with van der Waals surface area (Å²) in [5.74, 6) is 0.721. The third-order valence-corrected chi connectivity index (χ3v) is 5.50. The second kappa shape index (κ2) is 15.0. The van der Waals surface area contributed by atoms with E-state index in [9.17, 15) is 0 Å². The first-order valence-corrected chi connectivity index (χ1v) is 12.0. The molecule has 0 heterocycles. The molecule has 0 N–H and O–H groups in total. The fourth-order valence-corrected chi connectivity index (χ4v) is 3.54. The quantitative estimate of drug-likeness (QED) is 0.205. The molecule has 0 spiro atoms. The Kier molecular flexibility index (Phi) is 12.2. The van der Waals surface area contributed by atoms with Crippen LogP contribution < -0.4 is 4.74 Å². The number of hydrogen-bond donors (Lipinski definition) is 0. The zero-order valence-electron chi connectivity index (χ0n) is 18.7. The third kappa shape index (κ3) is 9.75. The number of benzene rings is 2. The maximum Gasteiger partial charge on any atom is 0.138 e. The molecule has 0 amide bonds. The topological polar surface area (TPSA) is 34.0 Å². The van der Waals surface area contributed by atoms with Crippen LogP contribution in [-0.2, 0) is 6.42 Å². The van der Waals surface area contributed by atoms with Crippen LogP contribution in [0.5, 0.6) is 5.75 Å². The Balaban J connectivity index is 1.72. The van der Waals surface area contributed by atoms with Gasteiger partial charge in [0.1, 0.15) is 5.75 Å². The molecule has 30 heavy (non-hydrogen) atoms. The molecule has 0 atom stereocenters. The molecule has 0 radical (unpaired) electrons. The molecule has 4 heteroatoms. The third-order valence-electron chi connectivity index (χ3n) is 5.21. The van der Waals surface area contributed by atoms with Crippen LogP contribution in [0.2, 0.25) is 5.02 Å². The predicted octanol–water partition coefficient (Wildman–Crippen LogP) is 9.62. The van der Waals surface area contributed by atoms with Crippen LogP contribution in [-0.4, -0.2) is 6.61 Å². The van der Waals surface area contributed by atoms with E-state index in [0.29, 0.717) is 11.6 Å². The Morgan fingerprint density at radius 3 is 1.97 bits per heavy atom. The van der Waals surface area contributed by atoms with E-state index >= 15 is 0 Å². The van der Waals surface area contributed by atoms with Gasteiger partial charge in [0.25, 0.3) is 0 Å². The number of azo groups is 1. The minimum Gasteiger partial charge on any atom is -0.492 e. The van der Waals surface area contributed by atoms with Crippen molar-refractivity contribution in [1.29, 1.82) is 0 Å². The van der Waals surface area contributed by atoms with Crippen LogP contribution in [0, 0.1) is 0 Å². The summed E-state index contributed by atoms with van der Waals surface area (Å²) in [5.41, 5.74) is 2.92. The molecule has 164 valence electrons. The Hall–Kier alpha value is -1.87. The van der Waals surface area contributed by atoms with E-state index in [2.05, 4.69) is 36.2 Å². The molecule has 3 nitrogen and oxygen atoms in total. The van der Waals surface area contributed by atoms with Crippen LogP contribution in [0.25, 0.3) is 0 Å². The van der Waals surface area contributed by atoms with E-state index in [4.69, 9.17) is 16.3 Å². The number of rotatable bonds is 15. The standard InChI is InChI=1S/C26H37ClN2O/c1-3-5-7-8-9-10-11-12-20-30-26-19-18-24(21-25(26)27)29-28-23-16-14-22(15-17-23)13-6-4-2/h14-19,21H,3-13,20H2,1-2H3. The summed E-state index contributed by atoms with van der Waals surface area (Å²) in [5, 5.41) is 9.21. The van der Waals surface area contributed by atoms with Gasteiger partial charge in [-0.15, -0.1) is 0 Å². The number of nitrogens with zero attached hydrogens (tertiary/aromatic N) is 2. The van der Waals surface area contributed by atoms with Crippen molar-refractivity contribution in [2.24, 2.45) is 10.2 Å². The second-order valence-corrected chi connectivity index (χ2v) is 8.32. The Labute approximate surface area is 187 Å². The molecule has 0 saturated heterocycles. The van der Waals surface area contributed by atoms with Crippen molar-refractivity contribution in [3.8, 4) is 5.75 Å². The Bertz CT molecular complexity index is 743. The van der Waals surface area contributed by atoms with Gasteiger partial charge in [-0.25, -0.2) is 0 Å². The SMILES string of the molecule is CCCCCCCCCCOc1ccc(N=Nc2ccc(CCCC)cc2)cc1Cl. The van der Waals surface area contributed by atoms with Gasteiger partial charge >= 0.3 is 0 Å². The summed E-state index contributed by atoms with van der Waals surface area (Å²) in [6.07, 6.45) is 13.9. The fraction of sp³-hybridized carbons (Fsp3) is 0.538. The molecule has 0 fully saturated rings. The van der Waals surface area contributed by atoms with Crippen molar-refractivity contribution in [1.82, 2.24) is 0 Å². The van der Waals surface area contributed by atoms with E-state index in [0.717, 1.165) is 30.0 Å². The van der Waals surface area contributed by atoms with Gasteiger partial charge in [0.2, 0.25) is 0 Å². The molecule has 0 unspecified atom stereocenters. The van der Waals surface area contributed by atoms with Gasteiger partial charge in [0.05, 0.1) is 23.0 Å². The first-order chi connectivity index (χ1) is 14.7. The van der Waals surface area contributed by atoms with E-state index < -0.39 is 0 Å². The summed E-state index contributed by atoms with van der Waals surface area (Å²) < 4.78 is 5.84. The monoisotopic (exact) mass is 428 g/mol. The van der Waals surface area contributed by atoms with Gasteiger partial charge in [-0.3, -0.25) is 0 Å².